The van der Waals surface area contributed by atoms with Gasteiger partial charge < -0.3 is 15.1 Å². The molecule has 0 unspecified atom stereocenters. The van der Waals surface area contributed by atoms with E-state index in [2.05, 4.69) is 51.4 Å². The highest BCUT2D eigenvalue weighted by molar-refractivity contribution is 5.80. The van der Waals surface area contributed by atoms with Gasteiger partial charge in [-0.2, -0.15) is 0 Å². The van der Waals surface area contributed by atoms with E-state index in [-0.39, 0.29) is 0 Å². The lowest BCUT2D eigenvalue weighted by Crippen LogP contribution is -2.46. The van der Waals surface area contributed by atoms with Crippen LogP contribution in [0.5, 0.6) is 0 Å². The molecule has 1 aromatic carbocycles. The molecule has 1 fully saturated rings. The van der Waals surface area contributed by atoms with Gasteiger partial charge in [0.15, 0.2) is 5.96 Å². The molecule has 1 aliphatic carbocycles. The van der Waals surface area contributed by atoms with Crippen molar-refractivity contribution in [3.63, 3.8) is 0 Å². The fourth-order valence-electron chi connectivity index (χ4n) is 3.88. The number of likely N-dealkylation sites (N-methyl/N-ethyl adjacent to an activating group) is 1. The lowest BCUT2D eigenvalue weighted by Gasteiger charge is -2.32. The summed E-state index contributed by atoms with van der Waals surface area (Å²) in [4.78, 5) is 9.38. The second-order valence-corrected chi connectivity index (χ2v) is 6.83. The standard InChI is InChI=1S/C19H30N4/c1-20-19(21-12-14-22(2)18-9-5-6-10-18)23-13-11-16-7-3-4-8-17(16)15-23/h3-4,7-8,18H,5-6,9-15H2,1-2H3,(H,20,21). The molecule has 23 heavy (non-hydrogen) atoms. The number of hydrogen-bond donors (Lipinski definition) is 1. The number of nitrogens with zero attached hydrogens (tertiary/aromatic N) is 3. The normalized spacial score (nSPS) is 19.3. The maximum absolute atomic E-state index is 4.49. The fourth-order valence-corrected chi connectivity index (χ4v) is 3.88. The average molecular weight is 314 g/mol. The van der Waals surface area contributed by atoms with Gasteiger partial charge in [-0.25, -0.2) is 0 Å². The van der Waals surface area contributed by atoms with Crippen LogP contribution >= 0.6 is 0 Å². The van der Waals surface area contributed by atoms with Crippen LogP contribution in [0.3, 0.4) is 0 Å². The number of nitrogens with one attached hydrogen (secondary N) is 1. The van der Waals surface area contributed by atoms with Crippen molar-refractivity contribution >= 4 is 5.96 Å². The Hall–Kier alpha value is -1.55. The average Bonchev–Trinajstić information content (AvgIpc) is 3.13. The van der Waals surface area contributed by atoms with E-state index in [0.717, 1.165) is 44.6 Å². The van der Waals surface area contributed by atoms with E-state index < -0.39 is 0 Å². The van der Waals surface area contributed by atoms with E-state index >= 15 is 0 Å². The molecule has 1 aliphatic heterocycles. The Morgan fingerprint density at radius 3 is 2.74 bits per heavy atom. The minimum absolute atomic E-state index is 0.792. The largest absolute Gasteiger partial charge is 0.355 e. The summed E-state index contributed by atoms with van der Waals surface area (Å²) in [6, 6.07) is 9.55. The molecule has 0 saturated heterocycles. The van der Waals surface area contributed by atoms with Crippen molar-refractivity contribution in [2.24, 2.45) is 4.99 Å². The Morgan fingerprint density at radius 1 is 1.26 bits per heavy atom. The zero-order valence-electron chi connectivity index (χ0n) is 14.6. The summed E-state index contributed by atoms with van der Waals surface area (Å²) in [5, 5.41) is 3.56. The summed E-state index contributed by atoms with van der Waals surface area (Å²) in [7, 11) is 4.15. The zero-order valence-corrected chi connectivity index (χ0v) is 14.6. The molecule has 2 aliphatic rings. The van der Waals surface area contributed by atoms with E-state index in [1.807, 2.05) is 7.05 Å². The summed E-state index contributed by atoms with van der Waals surface area (Å²) >= 11 is 0. The number of guanidine groups is 1. The molecule has 4 nitrogen and oxygen atoms in total. The van der Waals surface area contributed by atoms with Gasteiger partial charge in [0.25, 0.3) is 0 Å². The predicted molar refractivity (Wildman–Crippen MR) is 96.8 cm³/mol. The van der Waals surface area contributed by atoms with Crippen LogP contribution in [0.4, 0.5) is 0 Å². The van der Waals surface area contributed by atoms with Crippen molar-refractivity contribution in [3.8, 4) is 0 Å². The van der Waals surface area contributed by atoms with Gasteiger partial charge in [-0.05, 0) is 37.4 Å². The Balaban J connectivity index is 1.49. The highest BCUT2D eigenvalue weighted by Gasteiger charge is 2.20. The van der Waals surface area contributed by atoms with Crippen molar-refractivity contribution in [1.29, 1.82) is 0 Å². The first kappa shape index (κ1) is 16.3. The van der Waals surface area contributed by atoms with Crippen LogP contribution < -0.4 is 5.32 Å². The van der Waals surface area contributed by atoms with E-state index in [1.165, 1.54) is 36.8 Å². The number of benzene rings is 1. The molecular formula is C19H30N4. The van der Waals surface area contributed by atoms with Gasteiger partial charge >= 0.3 is 0 Å². The highest BCUT2D eigenvalue weighted by Crippen LogP contribution is 2.22. The third kappa shape index (κ3) is 4.05. The first-order valence-electron chi connectivity index (χ1n) is 9.00. The monoisotopic (exact) mass is 314 g/mol. The van der Waals surface area contributed by atoms with Gasteiger partial charge in [-0.1, -0.05) is 37.1 Å². The zero-order chi connectivity index (χ0) is 16.1. The Kier molecular flexibility index (Phi) is 5.55. The molecule has 4 heteroatoms. The molecule has 1 saturated carbocycles. The minimum atomic E-state index is 0.792. The van der Waals surface area contributed by atoms with Crippen LogP contribution in [0.2, 0.25) is 0 Å². The van der Waals surface area contributed by atoms with E-state index in [9.17, 15) is 0 Å². The summed E-state index contributed by atoms with van der Waals surface area (Å²) in [5.74, 6) is 1.04. The highest BCUT2D eigenvalue weighted by atomic mass is 15.3. The summed E-state index contributed by atoms with van der Waals surface area (Å²) in [6.45, 7) is 4.08. The van der Waals surface area contributed by atoms with Gasteiger partial charge in [0.05, 0.1) is 0 Å². The molecule has 0 radical (unpaired) electrons. The second-order valence-electron chi connectivity index (χ2n) is 6.83. The quantitative estimate of drug-likeness (QED) is 0.684. The van der Waals surface area contributed by atoms with Crippen molar-refractivity contribution in [1.82, 2.24) is 15.1 Å². The van der Waals surface area contributed by atoms with Crippen molar-refractivity contribution in [2.75, 3.05) is 33.7 Å². The predicted octanol–water partition coefficient (Wildman–Crippen LogP) is 2.49. The van der Waals surface area contributed by atoms with Gasteiger partial charge in [0.2, 0.25) is 0 Å². The third-order valence-corrected chi connectivity index (χ3v) is 5.34. The number of rotatable bonds is 4. The Labute approximate surface area is 140 Å². The van der Waals surface area contributed by atoms with Crippen molar-refractivity contribution in [3.05, 3.63) is 35.4 Å². The van der Waals surface area contributed by atoms with Gasteiger partial charge in [-0.3, -0.25) is 4.99 Å². The van der Waals surface area contributed by atoms with Crippen molar-refractivity contribution in [2.45, 2.75) is 44.7 Å². The molecule has 0 atom stereocenters. The van der Waals surface area contributed by atoms with Gasteiger partial charge in [0.1, 0.15) is 0 Å². The van der Waals surface area contributed by atoms with Crippen LogP contribution in [-0.2, 0) is 13.0 Å². The lowest BCUT2D eigenvalue weighted by atomic mass is 10.0. The Morgan fingerprint density at radius 2 is 2.00 bits per heavy atom. The smallest absolute Gasteiger partial charge is 0.194 e. The summed E-state index contributed by atoms with van der Waals surface area (Å²) < 4.78 is 0. The summed E-state index contributed by atoms with van der Waals surface area (Å²) in [5.41, 5.74) is 2.92. The molecule has 0 aromatic heterocycles. The number of fused-ring (bicyclic) bond motifs is 1. The molecule has 0 amide bonds. The number of aliphatic imine (C=N–C) groups is 1. The van der Waals surface area contributed by atoms with Gasteiger partial charge in [0, 0.05) is 39.3 Å². The van der Waals surface area contributed by atoms with Crippen LogP contribution in [0.25, 0.3) is 0 Å². The fraction of sp³-hybridized carbons (Fsp3) is 0.632. The Bertz CT molecular complexity index is 534. The maximum atomic E-state index is 4.49. The first-order chi connectivity index (χ1) is 11.3. The molecule has 0 spiro atoms. The maximum Gasteiger partial charge on any atom is 0.194 e. The number of hydrogen-bond acceptors (Lipinski definition) is 2. The van der Waals surface area contributed by atoms with Crippen molar-refractivity contribution < 1.29 is 0 Å². The molecular weight excluding hydrogens is 284 g/mol. The van der Waals surface area contributed by atoms with Crippen LogP contribution in [0, 0.1) is 0 Å². The molecule has 3 rings (SSSR count). The van der Waals surface area contributed by atoms with Gasteiger partial charge in [-0.15, -0.1) is 0 Å². The topological polar surface area (TPSA) is 30.9 Å². The van der Waals surface area contributed by atoms with Crippen LogP contribution in [0.1, 0.15) is 36.8 Å². The lowest BCUT2D eigenvalue weighted by molar-refractivity contribution is 0.247. The minimum Gasteiger partial charge on any atom is -0.355 e. The van der Waals surface area contributed by atoms with E-state index in [0.29, 0.717) is 0 Å². The molecule has 1 aromatic rings. The van der Waals surface area contributed by atoms with E-state index in [4.69, 9.17) is 0 Å². The molecule has 0 bridgehead atoms. The molecule has 1 heterocycles. The van der Waals surface area contributed by atoms with Crippen LogP contribution in [-0.4, -0.2) is 55.5 Å². The summed E-state index contributed by atoms with van der Waals surface area (Å²) in [6.07, 6.45) is 6.65. The SMILES string of the molecule is CN=C(NCCN(C)C1CCCC1)N1CCc2ccccc2C1. The third-order valence-electron chi connectivity index (χ3n) is 5.34. The second kappa shape index (κ2) is 7.82. The molecule has 1 N–H and O–H groups in total. The first-order valence-corrected chi connectivity index (χ1v) is 9.00. The van der Waals surface area contributed by atoms with E-state index in [1.54, 1.807) is 0 Å². The van der Waals surface area contributed by atoms with Crippen LogP contribution in [0.15, 0.2) is 29.3 Å². The molecule has 126 valence electrons.